The third-order valence-corrected chi connectivity index (χ3v) is 4.65. The number of aromatic nitrogens is 6. The van der Waals surface area contributed by atoms with Crippen LogP contribution in [0.3, 0.4) is 0 Å². The molecule has 34 heavy (non-hydrogen) atoms. The van der Waals surface area contributed by atoms with E-state index in [-0.39, 0.29) is 5.56 Å². The Morgan fingerprint density at radius 2 is 1.94 bits per heavy atom. The highest BCUT2D eigenvalue weighted by molar-refractivity contribution is 5.76. The first kappa shape index (κ1) is 24.8. The molecular formula is C19H18F5N7O3. The lowest BCUT2D eigenvalue weighted by Crippen LogP contribution is -2.35. The zero-order valence-corrected chi connectivity index (χ0v) is 17.5. The van der Waals surface area contributed by atoms with Crippen molar-refractivity contribution in [2.24, 2.45) is 5.73 Å². The van der Waals surface area contributed by atoms with Gasteiger partial charge in [-0.05, 0) is 29.0 Å². The van der Waals surface area contributed by atoms with Crippen molar-refractivity contribution < 1.29 is 31.5 Å². The predicted octanol–water partition coefficient (Wildman–Crippen LogP) is 2.08. The Morgan fingerprint density at radius 3 is 2.53 bits per heavy atom. The number of nitrogens with two attached hydrogens (primary N) is 1. The largest absolute Gasteiger partial charge is 0.491 e. The van der Waals surface area contributed by atoms with Gasteiger partial charge in [0, 0.05) is 36.0 Å². The molecule has 0 bridgehead atoms. The third kappa shape index (κ3) is 5.36. The van der Waals surface area contributed by atoms with Gasteiger partial charge in [0.1, 0.15) is 0 Å². The van der Waals surface area contributed by atoms with Gasteiger partial charge in [-0.3, -0.25) is 4.68 Å². The molecule has 2 aromatic heterocycles. The molecule has 1 unspecified atom stereocenters. The van der Waals surface area contributed by atoms with Gasteiger partial charge in [-0.1, -0.05) is 18.2 Å². The molecule has 0 saturated carbocycles. The number of hydrogen-bond donors (Lipinski definition) is 1. The number of tetrazole rings is 1. The smallest absolute Gasteiger partial charge is 0.428 e. The van der Waals surface area contributed by atoms with E-state index in [1.165, 1.54) is 24.4 Å². The number of ether oxygens (including phenoxy) is 1. The van der Waals surface area contributed by atoms with Crippen LogP contribution in [0.5, 0.6) is 0 Å². The summed E-state index contributed by atoms with van der Waals surface area (Å²) < 4.78 is 71.6. The molecule has 1 atom stereocenters. The minimum absolute atomic E-state index is 0.0558. The van der Waals surface area contributed by atoms with Crippen LogP contribution < -0.4 is 11.4 Å². The first-order valence-corrected chi connectivity index (χ1v) is 9.71. The van der Waals surface area contributed by atoms with Crippen LogP contribution in [0.4, 0.5) is 22.0 Å². The molecule has 3 rings (SSSR count). The van der Waals surface area contributed by atoms with Crippen LogP contribution in [0.2, 0.25) is 0 Å². The molecule has 0 aliphatic heterocycles. The number of esters is 1. The molecule has 3 aromatic rings. The van der Waals surface area contributed by atoms with Gasteiger partial charge >= 0.3 is 17.8 Å². The highest BCUT2D eigenvalue weighted by atomic mass is 19.4. The Labute approximate surface area is 188 Å². The van der Waals surface area contributed by atoms with Crippen molar-refractivity contribution in [1.29, 1.82) is 0 Å². The summed E-state index contributed by atoms with van der Waals surface area (Å²) in [6.45, 7) is 1.08. The third-order valence-electron chi connectivity index (χ3n) is 4.65. The van der Waals surface area contributed by atoms with Gasteiger partial charge in [0.2, 0.25) is 6.23 Å². The van der Waals surface area contributed by atoms with Crippen LogP contribution in [0.25, 0.3) is 11.1 Å². The maximum Gasteiger partial charge on any atom is 0.491 e. The quantitative estimate of drug-likeness (QED) is 0.381. The van der Waals surface area contributed by atoms with Crippen molar-refractivity contribution >= 4 is 5.97 Å². The van der Waals surface area contributed by atoms with E-state index in [0.29, 0.717) is 27.0 Å². The number of hydrogen-bond acceptors (Lipinski definition) is 7. The minimum atomic E-state index is -5.37. The molecule has 10 nitrogen and oxygen atoms in total. The summed E-state index contributed by atoms with van der Waals surface area (Å²) in [5.41, 5.74) is 4.44. The van der Waals surface area contributed by atoms with Crippen molar-refractivity contribution in [3.8, 4) is 11.1 Å². The fraction of sp³-hybridized carbons (Fsp3) is 0.316. The lowest BCUT2D eigenvalue weighted by molar-refractivity contribution is -0.207. The van der Waals surface area contributed by atoms with Gasteiger partial charge in [-0.2, -0.15) is 31.7 Å². The van der Waals surface area contributed by atoms with Crippen LogP contribution >= 0.6 is 0 Å². The molecule has 182 valence electrons. The standard InChI is InChI=1S/C19H18F5N7O3/c1-2-29-9-14(8-26-29)11-4-3-5-12(6-11)16(34-17(32)19(22,23)24)31-18(33)30(27-28-31)10-13(7-25)15(20)21/h3-6,8-9,16H,2,7,10,25H2,1H3. The van der Waals surface area contributed by atoms with Crippen molar-refractivity contribution in [2.75, 3.05) is 6.54 Å². The van der Waals surface area contributed by atoms with Crippen LogP contribution in [0.15, 0.2) is 53.1 Å². The second-order valence-electron chi connectivity index (χ2n) is 6.90. The summed E-state index contributed by atoms with van der Waals surface area (Å²) in [6, 6.07) is 5.78. The van der Waals surface area contributed by atoms with E-state index < -0.39 is 48.8 Å². The average Bonchev–Trinajstić information content (AvgIpc) is 3.42. The topological polar surface area (TPSA) is 123 Å². The maximum atomic E-state index is 12.9. The summed E-state index contributed by atoms with van der Waals surface area (Å²) in [6.07, 6.45) is -6.29. The SMILES string of the molecule is CCn1cc(-c2cccc(C(OC(=O)C(F)(F)F)n3nnn(CC(CN)=C(F)F)c3=O)c2)cn1. The number of alkyl halides is 3. The molecule has 0 spiro atoms. The molecule has 15 heteroatoms. The van der Waals surface area contributed by atoms with Crippen LogP contribution in [0.1, 0.15) is 18.7 Å². The van der Waals surface area contributed by atoms with Gasteiger partial charge < -0.3 is 10.5 Å². The molecule has 1 aromatic carbocycles. The van der Waals surface area contributed by atoms with E-state index in [9.17, 15) is 31.5 Å². The number of aryl methyl sites for hydroxylation is 1. The van der Waals surface area contributed by atoms with Gasteiger partial charge in [0.25, 0.3) is 6.08 Å². The molecule has 0 aliphatic rings. The van der Waals surface area contributed by atoms with Crippen LogP contribution in [-0.4, -0.2) is 48.3 Å². The number of halogens is 5. The number of carbonyl (C=O) groups excluding carboxylic acids is 1. The molecule has 2 heterocycles. The Bertz CT molecular complexity index is 1260. The molecule has 2 N–H and O–H groups in total. The first-order valence-electron chi connectivity index (χ1n) is 9.71. The van der Waals surface area contributed by atoms with E-state index in [1.807, 2.05) is 6.92 Å². The van der Waals surface area contributed by atoms with Crippen molar-refractivity contribution in [2.45, 2.75) is 32.4 Å². The Kier molecular flexibility index (Phi) is 7.24. The fourth-order valence-corrected chi connectivity index (χ4v) is 2.90. The summed E-state index contributed by atoms with van der Waals surface area (Å²) in [5.74, 6) is -2.58. The normalized spacial score (nSPS) is 12.4. The van der Waals surface area contributed by atoms with Gasteiger partial charge in [0.05, 0.1) is 12.7 Å². The van der Waals surface area contributed by atoms with E-state index >= 15 is 0 Å². The molecule has 0 radical (unpaired) electrons. The second-order valence-corrected chi connectivity index (χ2v) is 6.90. The number of nitrogens with zero attached hydrogens (tertiary/aromatic N) is 6. The maximum absolute atomic E-state index is 12.9. The summed E-state index contributed by atoms with van der Waals surface area (Å²) >= 11 is 0. The predicted molar refractivity (Wildman–Crippen MR) is 106 cm³/mol. The second kappa shape index (κ2) is 9.94. The average molecular weight is 487 g/mol. The number of rotatable bonds is 8. The summed E-state index contributed by atoms with van der Waals surface area (Å²) in [5, 5.41) is 11.0. The van der Waals surface area contributed by atoms with Gasteiger partial charge in [-0.15, -0.1) is 4.68 Å². The molecular weight excluding hydrogens is 469 g/mol. The van der Waals surface area contributed by atoms with Gasteiger partial charge in [0.15, 0.2) is 0 Å². The lowest BCUT2D eigenvalue weighted by Gasteiger charge is -2.18. The van der Waals surface area contributed by atoms with Crippen molar-refractivity contribution in [3.63, 3.8) is 0 Å². The van der Waals surface area contributed by atoms with Crippen molar-refractivity contribution in [3.05, 3.63) is 64.4 Å². The first-order chi connectivity index (χ1) is 16.0. The zero-order valence-electron chi connectivity index (χ0n) is 17.5. The monoisotopic (exact) mass is 487 g/mol. The molecule has 0 fully saturated rings. The number of benzene rings is 1. The Morgan fingerprint density at radius 1 is 1.21 bits per heavy atom. The molecule has 0 amide bonds. The highest BCUT2D eigenvalue weighted by Crippen LogP contribution is 2.27. The van der Waals surface area contributed by atoms with Crippen LogP contribution in [-0.2, 0) is 22.6 Å². The fourth-order valence-electron chi connectivity index (χ4n) is 2.90. The Hall–Kier alpha value is -3.88. The van der Waals surface area contributed by atoms with E-state index in [0.717, 1.165) is 0 Å². The van der Waals surface area contributed by atoms with Crippen molar-refractivity contribution in [1.82, 2.24) is 29.6 Å². The van der Waals surface area contributed by atoms with E-state index in [1.54, 1.807) is 16.9 Å². The molecule has 0 saturated heterocycles. The summed E-state index contributed by atoms with van der Waals surface area (Å²) in [4.78, 5) is 24.3. The van der Waals surface area contributed by atoms with Crippen LogP contribution in [0, 0.1) is 0 Å². The Balaban J connectivity index is 2.06. The van der Waals surface area contributed by atoms with E-state index in [2.05, 4.69) is 20.3 Å². The van der Waals surface area contributed by atoms with Gasteiger partial charge in [-0.25, -0.2) is 9.59 Å². The molecule has 0 aliphatic carbocycles. The van der Waals surface area contributed by atoms with E-state index in [4.69, 9.17) is 5.73 Å². The zero-order chi connectivity index (χ0) is 25.0. The minimum Gasteiger partial charge on any atom is -0.428 e. The lowest BCUT2D eigenvalue weighted by atomic mass is 10.1. The number of carbonyl (C=O) groups is 1. The summed E-state index contributed by atoms with van der Waals surface area (Å²) in [7, 11) is 0. The highest BCUT2D eigenvalue weighted by Gasteiger charge is 2.43.